The summed E-state index contributed by atoms with van der Waals surface area (Å²) in [6.45, 7) is 17.7. The van der Waals surface area contributed by atoms with Crippen molar-refractivity contribution in [3.8, 4) is 11.3 Å². The first-order valence-electron chi connectivity index (χ1n) is 11.0. The molecule has 2 heterocycles. The summed E-state index contributed by atoms with van der Waals surface area (Å²) in [7, 11) is 0. The van der Waals surface area contributed by atoms with Crippen molar-refractivity contribution in [2.24, 2.45) is 10.8 Å². The number of carbonyl (C=O) groups excluding carboxylic acids is 1. The van der Waals surface area contributed by atoms with Crippen LogP contribution in [0.15, 0.2) is 47.2 Å². The molecule has 1 radical (unpaired) electrons. The fourth-order valence-electron chi connectivity index (χ4n) is 2.79. The molecule has 3 aromatic rings. The zero-order valence-electron chi connectivity index (χ0n) is 21.2. The average Bonchev–Trinajstić information content (AvgIpc) is 3.14. The zero-order chi connectivity index (χ0) is 24.3. The molecular weight excluding hydrogens is 653 g/mol. The van der Waals surface area contributed by atoms with E-state index in [1.165, 1.54) is 26.8 Å². The Balaban J connectivity index is 0.000000346. The van der Waals surface area contributed by atoms with Gasteiger partial charge in [0, 0.05) is 37.0 Å². The van der Waals surface area contributed by atoms with Crippen molar-refractivity contribution in [1.29, 1.82) is 0 Å². The molecule has 181 valence electrons. The molecule has 5 heteroatoms. The summed E-state index contributed by atoms with van der Waals surface area (Å²) in [4.78, 5) is 18.3. The molecule has 0 spiro atoms. The Morgan fingerprint density at radius 1 is 1.09 bits per heavy atom. The zero-order valence-corrected chi connectivity index (χ0v) is 25.3. The van der Waals surface area contributed by atoms with E-state index in [9.17, 15) is 9.90 Å². The van der Waals surface area contributed by atoms with Gasteiger partial charge in [0.15, 0.2) is 5.78 Å². The molecule has 0 aliphatic carbocycles. The van der Waals surface area contributed by atoms with Gasteiger partial charge in [-0.1, -0.05) is 41.5 Å². The second-order valence-corrected chi connectivity index (χ2v) is 12.6. The molecule has 0 amide bonds. The first kappa shape index (κ1) is 29.5. The van der Waals surface area contributed by atoms with Crippen LogP contribution >= 0.6 is 0 Å². The number of aliphatic hydroxyl groups excluding tert-OH is 1. The van der Waals surface area contributed by atoms with Crippen molar-refractivity contribution in [1.82, 2.24) is 4.98 Å². The van der Waals surface area contributed by atoms with Crippen LogP contribution in [0.25, 0.3) is 20.9 Å². The van der Waals surface area contributed by atoms with Crippen molar-refractivity contribution in [2.45, 2.75) is 68.2 Å². The van der Waals surface area contributed by atoms with E-state index in [1.807, 2.05) is 47.7 Å². The van der Waals surface area contributed by atoms with Crippen molar-refractivity contribution in [3.63, 3.8) is 0 Å². The molecule has 0 aliphatic rings. The van der Waals surface area contributed by atoms with Gasteiger partial charge in [-0.3, -0.25) is 4.79 Å². The van der Waals surface area contributed by atoms with E-state index in [-0.39, 0.29) is 37.1 Å². The van der Waals surface area contributed by atoms with Crippen LogP contribution in [0.4, 0.5) is 0 Å². The van der Waals surface area contributed by atoms with Crippen LogP contribution in [0.3, 0.4) is 0 Å². The van der Waals surface area contributed by atoms with Crippen molar-refractivity contribution in [3.05, 3.63) is 64.4 Å². The standard InChI is InChI=1S/C17H16NSe.C11H20O2.Ir/c1-11(2)14-6-12(3)7-15(8-14)16-9-13-4-5-19-17(13)10-18-16;1-10(2,3)8(12)7-9(13)11(4,5)6;/h4-6,8-11H,1-3H3;7,12H,1-6H3;/q-1;;/b;8-7-;. The van der Waals surface area contributed by atoms with E-state index in [4.69, 9.17) is 0 Å². The Morgan fingerprint density at radius 2 is 1.73 bits per heavy atom. The molecule has 3 rings (SSSR count). The van der Waals surface area contributed by atoms with E-state index in [1.54, 1.807) is 0 Å². The van der Waals surface area contributed by atoms with Gasteiger partial charge >= 0.3 is 120 Å². The molecule has 0 unspecified atom stereocenters. The second-order valence-electron chi connectivity index (χ2n) is 10.6. The maximum absolute atomic E-state index is 11.5. The molecule has 1 N–H and O–H groups in total. The summed E-state index contributed by atoms with van der Waals surface area (Å²) in [5.74, 6) is 0.636. The quantitative estimate of drug-likeness (QED) is 0.136. The third-order valence-corrected chi connectivity index (χ3v) is 6.90. The third-order valence-electron chi connectivity index (χ3n) is 5.08. The molecule has 3 nitrogen and oxygen atoms in total. The van der Waals surface area contributed by atoms with E-state index in [0.29, 0.717) is 20.4 Å². The number of hydrogen-bond donors (Lipinski definition) is 1. The first-order valence-corrected chi connectivity index (χ1v) is 12.9. The predicted octanol–water partition coefficient (Wildman–Crippen LogP) is 7.28. The fraction of sp³-hybridized carbons (Fsp3) is 0.429. The number of carbonyl (C=O) groups is 1. The van der Waals surface area contributed by atoms with Crippen molar-refractivity contribution >= 4 is 29.9 Å². The maximum Gasteiger partial charge on any atom is 0 e. The Hall–Kier alpha value is -1.51. The van der Waals surface area contributed by atoms with E-state index < -0.39 is 5.41 Å². The van der Waals surface area contributed by atoms with Crippen LogP contribution in [-0.4, -0.2) is 30.4 Å². The molecular formula is C28H36IrNO2Se-. The summed E-state index contributed by atoms with van der Waals surface area (Å²) in [5, 5.41) is 10.9. The van der Waals surface area contributed by atoms with Crippen LogP contribution in [0.1, 0.15) is 72.4 Å². The SMILES string of the molecule is CC(C)(C)C(=O)/C=C(\O)C(C)(C)C.Cc1[c-]c(-c2cc3cc[se]c3cn2)cc(C(C)C)c1.[Ir]. The Kier molecular flexibility index (Phi) is 10.5. The van der Waals surface area contributed by atoms with E-state index in [2.05, 4.69) is 61.0 Å². The number of aliphatic hydroxyl groups is 1. The van der Waals surface area contributed by atoms with Gasteiger partial charge in [-0.25, -0.2) is 0 Å². The fourth-order valence-corrected chi connectivity index (χ4v) is 4.33. The number of aromatic nitrogens is 1. The van der Waals surface area contributed by atoms with Crippen LogP contribution in [0, 0.1) is 23.8 Å². The van der Waals surface area contributed by atoms with Gasteiger partial charge in [0.25, 0.3) is 0 Å². The van der Waals surface area contributed by atoms with Gasteiger partial charge in [0.05, 0.1) is 0 Å². The number of fused-ring (bicyclic) bond motifs is 1. The van der Waals surface area contributed by atoms with Crippen molar-refractivity contribution in [2.75, 3.05) is 0 Å². The number of hydrogen-bond acceptors (Lipinski definition) is 3. The number of benzene rings is 1. The Morgan fingerprint density at radius 3 is 2.27 bits per heavy atom. The minimum Gasteiger partial charge on any atom is 0 e. The first-order chi connectivity index (χ1) is 14.7. The second kappa shape index (κ2) is 11.8. The summed E-state index contributed by atoms with van der Waals surface area (Å²) >= 11 is 0.472. The van der Waals surface area contributed by atoms with E-state index in [0.717, 1.165) is 11.3 Å². The Bertz CT molecular complexity index is 1110. The smallest absolute Gasteiger partial charge is 0 e. The number of nitrogens with zero attached hydrogens (tertiary/aromatic N) is 1. The van der Waals surface area contributed by atoms with Gasteiger partial charge in [0.2, 0.25) is 0 Å². The van der Waals surface area contributed by atoms with Gasteiger partial charge in [-0.15, -0.1) is 0 Å². The molecule has 33 heavy (non-hydrogen) atoms. The molecule has 0 aliphatic heterocycles. The Labute approximate surface area is 218 Å². The number of rotatable bonds is 3. The molecule has 0 fully saturated rings. The molecule has 2 aromatic heterocycles. The van der Waals surface area contributed by atoms with Gasteiger partial charge in [0.1, 0.15) is 5.76 Å². The van der Waals surface area contributed by atoms with Crippen molar-refractivity contribution < 1.29 is 30.0 Å². The number of pyridine rings is 1. The normalized spacial score (nSPS) is 12.2. The monoisotopic (exact) mass is 691 g/mol. The molecule has 0 saturated carbocycles. The van der Waals surface area contributed by atoms with E-state index >= 15 is 0 Å². The van der Waals surface area contributed by atoms with Gasteiger partial charge in [-0.2, -0.15) is 0 Å². The van der Waals surface area contributed by atoms with Crippen LogP contribution in [0.5, 0.6) is 0 Å². The van der Waals surface area contributed by atoms with Crippen LogP contribution in [-0.2, 0) is 24.9 Å². The largest absolute Gasteiger partial charge is 0 e. The number of allylic oxidation sites excluding steroid dienone is 2. The maximum atomic E-state index is 11.5. The molecule has 0 bridgehead atoms. The summed E-state index contributed by atoms with van der Waals surface area (Å²) < 4.78 is 1.38. The van der Waals surface area contributed by atoms with Crippen LogP contribution in [0.2, 0.25) is 0 Å². The minimum absolute atomic E-state index is 0. The van der Waals surface area contributed by atoms with Crippen LogP contribution < -0.4 is 0 Å². The molecule has 1 aromatic carbocycles. The number of aryl methyl sites for hydroxylation is 1. The van der Waals surface area contributed by atoms with Gasteiger partial charge < -0.3 is 5.11 Å². The topological polar surface area (TPSA) is 50.2 Å². The molecule has 0 atom stereocenters. The third kappa shape index (κ3) is 8.65. The number of ketones is 1. The summed E-state index contributed by atoms with van der Waals surface area (Å²) in [6.07, 6.45) is 3.36. The predicted molar refractivity (Wildman–Crippen MR) is 136 cm³/mol. The average molecular weight is 690 g/mol. The van der Waals surface area contributed by atoms with Gasteiger partial charge in [-0.05, 0) is 0 Å². The summed E-state index contributed by atoms with van der Waals surface area (Å²) in [6, 6.07) is 12.3. The summed E-state index contributed by atoms with van der Waals surface area (Å²) in [5.41, 5.74) is 3.92. The molecule has 0 saturated heterocycles. The minimum atomic E-state index is -0.417.